The van der Waals surface area contributed by atoms with Crippen LogP contribution in [-0.4, -0.2) is 26.3 Å². The molecular formula is C14H15ClFNO2S2. The molecule has 0 aliphatic heterocycles. The minimum atomic E-state index is -3.63. The molecule has 3 nitrogen and oxygen atoms in total. The smallest absolute Gasteiger partial charge is 0.207 e. The lowest BCUT2D eigenvalue weighted by Gasteiger charge is -2.17. The van der Waals surface area contributed by atoms with E-state index in [-0.39, 0.29) is 16.3 Å². The minimum Gasteiger partial charge on any atom is -0.207 e. The van der Waals surface area contributed by atoms with Crippen molar-refractivity contribution in [2.45, 2.75) is 17.2 Å². The van der Waals surface area contributed by atoms with Crippen LogP contribution in [0.3, 0.4) is 0 Å². The Morgan fingerprint density at radius 1 is 1.33 bits per heavy atom. The van der Waals surface area contributed by atoms with Crippen LogP contribution in [0.5, 0.6) is 0 Å². The Morgan fingerprint density at radius 3 is 2.71 bits per heavy atom. The van der Waals surface area contributed by atoms with Crippen LogP contribution >= 0.6 is 22.9 Å². The number of likely N-dealkylation sites (N-methyl/N-ethyl adjacent to an activating group) is 1. The summed E-state index contributed by atoms with van der Waals surface area (Å²) in [6, 6.07) is 7.59. The van der Waals surface area contributed by atoms with Gasteiger partial charge in [0.1, 0.15) is 5.82 Å². The van der Waals surface area contributed by atoms with E-state index in [0.717, 1.165) is 10.9 Å². The van der Waals surface area contributed by atoms with Crippen molar-refractivity contribution in [3.63, 3.8) is 0 Å². The van der Waals surface area contributed by atoms with Crippen molar-refractivity contribution in [3.05, 3.63) is 52.0 Å². The molecule has 0 aliphatic carbocycles. The number of sulfonamides is 1. The molecule has 0 aliphatic rings. The van der Waals surface area contributed by atoms with E-state index in [1.165, 1.54) is 23.5 Å². The second-order valence-electron chi connectivity index (χ2n) is 4.54. The number of hydrogen-bond acceptors (Lipinski definition) is 3. The Kier molecular flexibility index (Phi) is 5.37. The zero-order valence-electron chi connectivity index (χ0n) is 11.4. The van der Waals surface area contributed by atoms with Gasteiger partial charge in [-0.2, -0.15) is 0 Å². The average molecular weight is 348 g/mol. The van der Waals surface area contributed by atoms with Crippen LogP contribution in [-0.2, 0) is 22.3 Å². The third-order valence-electron chi connectivity index (χ3n) is 3.12. The molecule has 0 radical (unpaired) electrons. The van der Waals surface area contributed by atoms with Crippen molar-refractivity contribution < 1.29 is 12.8 Å². The van der Waals surface area contributed by atoms with E-state index < -0.39 is 15.8 Å². The van der Waals surface area contributed by atoms with Gasteiger partial charge >= 0.3 is 0 Å². The molecule has 0 atom stereocenters. The van der Waals surface area contributed by atoms with E-state index in [1.807, 2.05) is 17.5 Å². The van der Waals surface area contributed by atoms with Crippen molar-refractivity contribution in [2.75, 3.05) is 13.6 Å². The van der Waals surface area contributed by atoms with Gasteiger partial charge in [-0.15, -0.1) is 22.9 Å². The zero-order valence-corrected chi connectivity index (χ0v) is 13.8. The molecule has 0 saturated heterocycles. The highest BCUT2D eigenvalue weighted by atomic mass is 35.5. The predicted molar refractivity (Wildman–Crippen MR) is 83.8 cm³/mol. The molecule has 114 valence electrons. The van der Waals surface area contributed by atoms with Gasteiger partial charge < -0.3 is 0 Å². The Bertz CT molecular complexity index is 702. The van der Waals surface area contributed by atoms with Crippen LogP contribution in [0, 0.1) is 5.82 Å². The van der Waals surface area contributed by atoms with Crippen LogP contribution < -0.4 is 0 Å². The van der Waals surface area contributed by atoms with E-state index in [2.05, 4.69) is 0 Å². The average Bonchev–Trinajstić information content (AvgIpc) is 2.98. The van der Waals surface area contributed by atoms with Gasteiger partial charge in [-0.3, -0.25) is 0 Å². The summed E-state index contributed by atoms with van der Waals surface area (Å²) in [5.41, 5.74) is 0.185. The fourth-order valence-electron chi connectivity index (χ4n) is 1.84. The van der Waals surface area contributed by atoms with Gasteiger partial charge in [-0.1, -0.05) is 6.07 Å². The molecule has 1 aromatic heterocycles. The van der Waals surface area contributed by atoms with Crippen LogP contribution in [0.4, 0.5) is 4.39 Å². The number of alkyl halides is 1. The SMILES string of the molecule is CN(CCc1cccs1)S(=O)(=O)c1ccc(F)c(CCl)c1. The normalized spacial score (nSPS) is 12.0. The summed E-state index contributed by atoms with van der Waals surface area (Å²) in [6.45, 7) is 0.371. The van der Waals surface area contributed by atoms with E-state index in [0.29, 0.717) is 13.0 Å². The second kappa shape index (κ2) is 6.87. The molecule has 0 spiro atoms. The topological polar surface area (TPSA) is 37.4 Å². The molecule has 0 saturated carbocycles. The van der Waals surface area contributed by atoms with E-state index in [1.54, 1.807) is 11.3 Å². The lowest BCUT2D eigenvalue weighted by Crippen LogP contribution is -2.29. The molecule has 1 aromatic carbocycles. The molecule has 0 N–H and O–H groups in total. The standard InChI is InChI=1S/C14H15ClFNO2S2/c1-17(7-6-12-3-2-8-20-12)21(18,19)13-4-5-14(16)11(9-13)10-15/h2-5,8-9H,6-7,10H2,1H3. The highest BCUT2D eigenvalue weighted by Crippen LogP contribution is 2.20. The minimum absolute atomic E-state index is 0.0614. The molecule has 21 heavy (non-hydrogen) atoms. The second-order valence-corrected chi connectivity index (χ2v) is 7.89. The van der Waals surface area contributed by atoms with E-state index in [4.69, 9.17) is 11.6 Å². The third kappa shape index (κ3) is 3.83. The van der Waals surface area contributed by atoms with Crippen LogP contribution in [0.25, 0.3) is 0 Å². The highest BCUT2D eigenvalue weighted by Gasteiger charge is 2.21. The van der Waals surface area contributed by atoms with Gasteiger partial charge in [0.25, 0.3) is 0 Å². The number of hydrogen-bond donors (Lipinski definition) is 0. The molecule has 0 bridgehead atoms. The maximum Gasteiger partial charge on any atom is 0.242 e. The maximum atomic E-state index is 13.4. The van der Waals surface area contributed by atoms with E-state index >= 15 is 0 Å². The molecule has 2 aromatic rings. The lowest BCUT2D eigenvalue weighted by molar-refractivity contribution is 0.473. The van der Waals surface area contributed by atoms with Crippen LogP contribution in [0.2, 0.25) is 0 Å². The van der Waals surface area contributed by atoms with Gasteiger partial charge in [0, 0.05) is 24.0 Å². The first-order valence-electron chi connectivity index (χ1n) is 6.28. The maximum absolute atomic E-state index is 13.4. The van der Waals surface area contributed by atoms with Gasteiger partial charge in [0.2, 0.25) is 10.0 Å². The summed E-state index contributed by atoms with van der Waals surface area (Å²) in [5.74, 6) is -0.557. The Morgan fingerprint density at radius 2 is 2.10 bits per heavy atom. The fraction of sp³-hybridized carbons (Fsp3) is 0.286. The predicted octanol–water partition coefficient (Wildman–Crippen LogP) is 3.49. The van der Waals surface area contributed by atoms with Gasteiger partial charge in [0.15, 0.2) is 0 Å². The summed E-state index contributed by atoms with van der Waals surface area (Å²) in [4.78, 5) is 1.19. The largest absolute Gasteiger partial charge is 0.242 e. The summed E-state index contributed by atoms with van der Waals surface area (Å²) >= 11 is 7.21. The fourth-order valence-corrected chi connectivity index (χ4v) is 3.96. The van der Waals surface area contributed by atoms with Gasteiger partial charge in [0.05, 0.1) is 10.8 Å². The Balaban J connectivity index is 2.16. The lowest BCUT2D eigenvalue weighted by atomic mass is 10.2. The quantitative estimate of drug-likeness (QED) is 0.750. The first-order chi connectivity index (χ1) is 9.95. The zero-order chi connectivity index (χ0) is 15.5. The molecule has 0 unspecified atom stereocenters. The molecule has 7 heteroatoms. The summed E-state index contributed by atoms with van der Waals surface area (Å²) < 4.78 is 39.5. The molecule has 0 fully saturated rings. The Hall–Kier alpha value is -0.950. The number of nitrogens with zero attached hydrogens (tertiary/aromatic N) is 1. The number of halogens is 2. The monoisotopic (exact) mass is 347 g/mol. The highest BCUT2D eigenvalue weighted by molar-refractivity contribution is 7.89. The number of rotatable bonds is 6. The van der Waals surface area contributed by atoms with Crippen molar-refractivity contribution in [3.8, 4) is 0 Å². The van der Waals surface area contributed by atoms with Crippen molar-refractivity contribution >= 4 is 33.0 Å². The first kappa shape index (κ1) is 16.4. The van der Waals surface area contributed by atoms with E-state index in [9.17, 15) is 12.8 Å². The summed E-state index contributed by atoms with van der Waals surface area (Å²) in [6.07, 6.45) is 0.650. The van der Waals surface area contributed by atoms with Crippen molar-refractivity contribution in [1.82, 2.24) is 4.31 Å². The van der Waals surface area contributed by atoms with Crippen LogP contribution in [0.1, 0.15) is 10.4 Å². The summed E-state index contributed by atoms with van der Waals surface area (Å²) in [7, 11) is -2.11. The Labute approximate surface area is 133 Å². The van der Waals surface area contributed by atoms with Gasteiger partial charge in [-0.25, -0.2) is 17.1 Å². The van der Waals surface area contributed by atoms with Crippen molar-refractivity contribution in [2.24, 2.45) is 0 Å². The number of thiophene rings is 1. The number of benzene rings is 1. The summed E-state index contributed by atoms with van der Waals surface area (Å²) in [5, 5.41) is 1.95. The van der Waals surface area contributed by atoms with Crippen molar-refractivity contribution in [1.29, 1.82) is 0 Å². The molecular weight excluding hydrogens is 333 g/mol. The molecule has 1 heterocycles. The molecule has 0 amide bonds. The first-order valence-corrected chi connectivity index (χ1v) is 9.13. The van der Waals surface area contributed by atoms with Gasteiger partial charge in [-0.05, 0) is 36.1 Å². The van der Waals surface area contributed by atoms with Crippen LogP contribution in [0.15, 0.2) is 40.6 Å². The third-order valence-corrected chi connectivity index (χ3v) is 6.20. The molecule has 2 rings (SSSR count).